The van der Waals surface area contributed by atoms with Gasteiger partial charge in [-0.3, -0.25) is 4.99 Å². The average molecular weight is 344 g/mol. The first-order chi connectivity index (χ1) is 4.70. The van der Waals surface area contributed by atoms with Gasteiger partial charge in [-0.2, -0.15) is 0 Å². The van der Waals surface area contributed by atoms with Crippen molar-refractivity contribution < 1.29 is 25.2 Å². The summed E-state index contributed by atoms with van der Waals surface area (Å²) in [5, 5.41) is 0.435. The van der Waals surface area contributed by atoms with Crippen molar-refractivity contribution in [3.05, 3.63) is 0 Å². The van der Waals surface area contributed by atoms with Gasteiger partial charge in [0.1, 0.15) is 0 Å². The molecular formula is C7H12NOReS-. The van der Waals surface area contributed by atoms with Gasteiger partial charge >= 0.3 is 0 Å². The Kier molecular flexibility index (Phi) is 5.24. The van der Waals surface area contributed by atoms with Crippen LogP contribution in [-0.4, -0.2) is 17.9 Å². The first kappa shape index (κ1) is 11.4. The number of hydrogen-bond acceptors (Lipinski definition) is 3. The Bertz CT molecular complexity index is 149. The molecule has 0 amide bonds. The molecule has 1 heterocycles. The Morgan fingerprint density at radius 2 is 2.27 bits per heavy atom. The van der Waals surface area contributed by atoms with Gasteiger partial charge in [-0.05, 0) is 5.92 Å². The van der Waals surface area contributed by atoms with Crippen molar-refractivity contribution in [3.63, 3.8) is 0 Å². The van der Waals surface area contributed by atoms with E-state index >= 15 is 0 Å². The Balaban J connectivity index is 0.000001000. The number of hydrogen-bond donors (Lipinski definition) is 0. The molecular weight excluding hydrogens is 332 g/mol. The molecule has 0 fully saturated rings. The topological polar surface area (TPSA) is 21.6 Å². The molecule has 0 saturated carbocycles. The predicted molar refractivity (Wildman–Crippen MR) is 44.0 cm³/mol. The van der Waals surface area contributed by atoms with E-state index < -0.39 is 0 Å². The van der Waals surface area contributed by atoms with Crippen LogP contribution in [0.1, 0.15) is 20.3 Å². The van der Waals surface area contributed by atoms with Crippen LogP contribution in [0.4, 0.5) is 0 Å². The molecule has 0 aromatic rings. The molecule has 1 aliphatic heterocycles. The third-order valence-electron chi connectivity index (χ3n) is 1.68. The largest absolute Gasteiger partial charge is 0.722 e. The van der Waals surface area contributed by atoms with Gasteiger partial charge in [-0.25, -0.2) is 0 Å². The van der Waals surface area contributed by atoms with E-state index in [1.54, 1.807) is 0 Å². The van der Waals surface area contributed by atoms with E-state index in [0.29, 0.717) is 17.2 Å². The first-order valence-corrected chi connectivity index (χ1v) is 3.98. The van der Waals surface area contributed by atoms with Crippen LogP contribution < -0.4 is 0 Å². The Hall–Kier alpha value is 0.352. The van der Waals surface area contributed by atoms with Crippen molar-refractivity contribution in [2.24, 2.45) is 10.9 Å². The second-order valence-corrected chi connectivity index (χ2v) is 3.19. The zero-order chi connectivity index (χ0) is 7.56. The Morgan fingerprint density at radius 1 is 1.64 bits per heavy atom. The van der Waals surface area contributed by atoms with Gasteiger partial charge in [-0.1, -0.05) is 13.8 Å². The van der Waals surface area contributed by atoms with Crippen LogP contribution in [0, 0.1) is 5.92 Å². The third-order valence-corrected chi connectivity index (χ3v) is 1.90. The van der Waals surface area contributed by atoms with Gasteiger partial charge < -0.3 is 17.4 Å². The molecule has 65 valence electrons. The summed E-state index contributed by atoms with van der Waals surface area (Å²) in [6.07, 6.45) is 1.01. The second-order valence-electron chi connectivity index (χ2n) is 2.84. The first-order valence-electron chi connectivity index (χ1n) is 3.58. The van der Waals surface area contributed by atoms with Gasteiger partial charge in [0.05, 0.1) is 17.9 Å². The van der Waals surface area contributed by atoms with Crippen LogP contribution in [0.15, 0.2) is 4.99 Å². The molecule has 0 aromatic heterocycles. The van der Waals surface area contributed by atoms with E-state index in [-0.39, 0.29) is 20.4 Å². The zero-order valence-electron chi connectivity index (χ0n) is 6.71. The normalized spacial score (nSPS) is 23.5. The molecule has 0 bridgehead atoms. The van der Waals surface area contributed by atoms with E-state index in [1.165, 1.54) is 0 Å². The van der Waals surface area contributed by atoms with Gasteiger partial charge in [0.2, 0.25) is 0 Å². The van der Waals surface area contributed by atoms with E-state index in [2.05, 4.69) is 18.8 Å². The summed E-state index contributed by atoms with van der Waals surface area (Å²) < 4.78 is 5.02. The fraction of sp³-hybridized carbons (Fsp3) is 0.857. The molecule has 1 rings (SSSR count). The maximum Gasteiger partial charge on any atom is 0.0893 e. The van der Waals surface area contributed by atoms with Gasteiger partial charge in [0.15, 0.2) is 0 Å². The minimum atomic E-state index is 0. The van der Waals surface area contributed by atoms with E-state index in [9.17, 15) is 0 Å². The Labute approximate surface area is 86.9 Å². The third kappa shape index (κ3) is 3.51. The summed E-state index contributed by atoms with van der Waals surface area (Å²) in [5.74, 6) is 0.585. The maximum atomic E-state index is 5.02. The van der Waals surface area contributed by atoms with Crippen LogP contribution >= 0.6 is 0 Å². The second kappa shape index (κ2) is 5.08. The van der Waals surface area contributed by atoms with Crippen LogP contribution in [0.3, 0.4) is 0 Å². The summed E-state index contributed by atoms with van der Waals surface area (Å²) in [5.41, 5.74) is 0. The van der Waals surface area contributed by atoms with Gasteiger partial charge in [0, 0.05) is 26.8 Å². The Morgan fingerprint density at radius 3 is 2.64 bits per heavy atom. The average Bonchev–Trinajstić information content (AvgIpc) is 1.88. The number of rotatable bonds is 1. The molecule has 2 nitrogen and oxygen atoms in total. The van der Waals surface area contributed by atoms with Crippen molar-refractivity contribution in [1.29, 1.82) is 0 Å². The standard InChI is InChI=1S/C7H13NOS.Re/c1-5(2)6-3-4-9-7(10)8-6;/h5-6H,3-4H2,1-2H3,(H,8,10);/p-1. The van der Waals surface area contributed by atoms with Crippen LogP contribution in [0.25, 0.3) is 0 Å². The van der Waals surface area contributed by atoms with Gasteiger partial charge in [0.25, 0.3) is 0 Å². The zero-order valence-corrected chi connectivity index (χ0v) is 10.2. The molecule has 0 N–H and O–H groups in total. The molecule has 1 aliphatic rings. The maximum absolute atomic E-state index is 5.02. The molecule has 0 saturated heterocycles. The molecule has 11 heavy (non-hydrogen) atoms. The van der Waals surface area contributed by atoms with E-state index in [1.807, 2.05) is 0 Å². The summed E-state index contributed by atoms with van der Waals surface area (Å²) in [6, 6.07) is 0.390. The molecule has 0 aliphatic carbocycles. The molecule has 0 aromatic carbocycles. The summed E-state index contributed by atoms with van der Waals surface area (Å²) in [4.78, 5) is 4.19. The minimum absolute atomic E-state index is 0. The molecule has 1 atom stereocenters. The summed E-state index contributed by atoms with van der Waals surface area (Å²) >= 11 is 4.81. The van der Waals surface area contributed by atoms with E-state index in [0.717, 1.165) is 13.0 Å². The van der Waals surface area contributed by atoms with Crippen LogP contribution in [0.2, 0.25) is 0 Å². The number of aliphatic imine (C=N–C) groups is 1. The fourth-order valence-electron chi connectivity index (χ4n) is 0.987. The van der Waals surface area contributed by atoms with Crippen molar-refractivity contribution in [1.82, 2.24) is 0 Å². The van der Waals surface area contributed by atoms with Crippen LogP contribution in [-0.2, 0) is 37.8 Å². The van der Waals surface area contributed by atoms with Crippen LogP contribution in [0.5, 0.6) is 0 Å². The summed E-state index contributed by atoms with van der Waals surface area (Å²) in [6.45, 7) is 5.05. The van der Waals surface area contributed by atoms with Crippen molar-refractivity contribution in [2.75, 3.05) is 6.61 Å². The SMILES string of the molecule is CC(C)C1CCOC([S-])=N1.[Re]. The molecule has 0 spiro atoms. The fourth-order valence-corrected chi connectivity index (χ4v) is 1.21. The monoisotopic (exact) mass is 345 g/mol. The number of nitrogens with zero attached hydrogens (tertiary/aromatic N) is 1. The molecule has 1 radical (unpaired) electrons. The summed E-state index contributed by atoms with van der Waals surface area (Å²) in [7, 11) is 0. The van der Waals surface area contributed by atoms with Gasteiger partial charge in [-0.15, -0.1) is 0 Å². The molecule has 4 heteroatoms. The van der Waals surface area contributed by atoms with Crippen molar-refractivity contribution in [3.8, 4) is 0 Å². The number of ether oxygens (including phenoxy) is 1. The van der Waals surface area contributed by atoms with Crippen molar-refractivity contribution in [2.45, 2.75) is 26.3 Å². The van der Waals surface area contributed by atoms with E-state index in [4.69, 9.17) is 17.4 Å². The molecule has 1 unspecified atom stereocenters. The minimum Gasteiger partial charge on any atom is -0.722 e. The quantitative estimate of drug-likeness (QED) is 0.670. The van der Waals surface area contributed by atoms with Crippen molar-refractivity contribution >= 4 is 17.9 Å². The smallest absolute Gasteiger partial charge is 0.0893 e. The predicted octanol–water partition coefficient (Wildman–Crippen LogP) is 1.33.